The first-order valence-corrected chi connectivity index (χ1v) is 7.51. The second-order valence-corrected chi connectivity index (χ2v) is 6.24. The van der Waals surface area contributed by atoms with Crippen LogP contribution in [-0.4, -0.2) is 48.9 Å². The van der Waals surface area contributed by atoms with Crippen molar-refractivity contribution in [1.82, 2.24) is 9.80 Å². The third-order valence-corrected chi connectivity index (χ3v) is 4.82. The van der Waals surface area contributed by atoms with Crippen LogP contribution in [0.4, 0.5) is 0 Å². The van der Waals surface area contributed by atoms with Gasteiger partial charge in [0.25, 0.3) is 5.91 Å². The number of nitrogens with zero attached hydrogens (tertiary/aromatic N) is 2. The first-order chi connectivity index (χ1) is 9.00. The lowest BCUT2D eigenvalue weighted by atomic mass is 10.0. The van der Waals surface area contributed by atoms with Crippen molar-refractivity contribution >= 4 is 21.8 Å². The van der Waals surface area contributed by atoms with Crippen LogP contribution >= 0.6 is 15.9 Å². The topological polar surface area (TPSA) is 23.6 Å². The van der Waals surface area contributed by atoms with E-state index in [-0.39, 0.29) is 5.91 Å². The van der Waals surface area contributed by atoms with Crippen LogP contribution in [0.1, 0.15) is 28.8 Å². The Labute approximate surface area is 123 Å². The minimum Gasteiger partial charge on any atom is -0.337 e. The zero-order chi connectivity index (χ0) is 14.0. The Kier molecular flexibility index (Phi) is 4.63. The molecule has 1 aromatic carbocycles. The first kappa shape index (κ1) is 14.5. The number of piperidine rings is 1. The number of likely N-dealkylation sites (tertiary alicyclic amines) is 1. The quantitative estimate of drug-likeness (QED) is 0.835. The standard InChI is InChI=1S/C15H21BrN2O/c1-11-13(7-4-8-14(11)16)15(19)18(3)12-6-5-9-17(2)10-12/h4,7-8,12H,5-6,9-10H2,1-3H3. The average molecular weight is 325 g/mol. The van der Waals surface area contributed by atoms with Gasteiger partial charge in [-0.25, -0.2) is 0 Å². The molecule has 0 N–H and O–H groups in total. The molecule has 0 aromatic heterocycles. The number of halogens is 1. The molecule has 3 nitrogen and oxygen atoms in total. The fourth-order valence-electron chi connectivity index (χ4n) is 2.65. The Morgan fingerprint density at radius 1 is 1.47 bits per heavy atom. The average Bonchev–Trinajstić information content (AvgIpc) is 2.40. The molecule has 0 spiro atoms. The highest BCUT2D eigenvalue weighted by Gasteiger charge is 2.26. The van der Waals surface area contributed by atoms with Crippen LogP contribution in [0.5, 0.6) is 0 Å². The van der Waals surface area contributed by atoms with Gasteiger partial charge in [0.1, 0.15) is 0 Å². The van der Waals surface area contributed by atoms with Gasteiger partial charge >= 0.3 is 0 Å². The molecule has 1 saturated heterocycles. The summed E-state index contributed by atoms with van der Waals surface area (Å²) in [5.41, 5.74) is 1.81. The number of benzene rings is 1. The predicted molar refractivity (Wildman–Crippen MR) is 81.5 cm³/mol. The number of carbonyl (C=O) groups excluding carboxylic acids is 1. The molecule has 2 rings (SSSR count). The van der Waals surface area contributed by atoms with Crippen molar-refractivity contribution in [1.29, 1.82) is 0 Å². The van der Waals surface area contributed by atoms with Gasteiger partial charge in [0.2, 0.25) is 0 Å². The summed E-state index contributed by atoms with van der Waals surface area (Å²) in [7, 11) is 4.04. The predicted octanol–water partition coefficient (Wildman–Crippen LogP) is 2.92. The van der Waals surface area contributed by atoms with Gasteiger partial charge in [-0.2, -0.15) is 0 Å². The zero-order valence-corrected chi connectivity index (χ0v) is 13.4. The molecule has 1 aromatic rings. The highest BCUT2D eigenvalue weighted by Crippen LogP contribution is 2.22. The van der Waals surface area contributed by atoms with E-state index >= 15 is 0 Å². The van der Waals surface area contributed by atoms with Gasteiger partial charge in [-0.05, 0) is 51.1 Å². The third kappa shape index (κ3) is 3.18. The van der Waals surface area contributed by atoms with E-state index < -0.39 is 0 Å². The fraction of sp³-hybridized carbons (Fsp3) is 0.533. The van der Waals surface area contributed by atoms with Crippen LogP contribution in [0.15, 0.2) is 22.7 Å². The second-order valence-electron chi connectivity index (χ2n) is 5.39. The summed E-state index contributed by atoms with van der Waals surface area (Å²) in [4.78, 5) is 16.8. The molecule has 19 heavy (non-hydrogen) atoms. The highest BCUT2D eigenvalue weighted by atomic mass is 79.9. The van der Waals surface area contributed by atoms with E-state index in [1.807, 2.05) is 37.1 Å². The minimum atomic E-state index is 0.124. The molecule has 1 heterocycles. The van der Waals surface area contributed by atoms with E-state index in [2.05, 4.69) is 27.9 Å². The third-order valence-electron chi connectivity index (χ3n) is 3.97. The first-order valence-electron chi connectivity index (χ1n) is 6.71. The van der Waals surface area contributed by atoms with Crippen LogP contribution < -0.4 is 0 Å². The number of amides is 1. The summed E-state index contributed by atoms with van der Waals surface area (Å²) in [6, 6.07) is 6.13. The largest absolute Gasteiger partial charge is 0.337 e. The van der Waals surface area contributed by atoms with E-state index in [1.54, 1.807) is 0 Å². The van der Waals surface area contributed by atoms with Gasteiger partial charge < -0.3 is 9.80 Å². The van der Waals surface area contributed by atoms with Crippen LogP contribution in [0.3, 0.4) is 0 Å². The normalized spacial score (nSPS) is 20.3. The zero-order valence-electron chi connectivity index (χ0n) is 11.8. The van der Waals surface area contributed by atoms with Crippen molar-refractivity contribution in [3.63, 3.8) is 0 Å². The molecule has 1 unspecified atom stereocenters. The molecule has 1 fully saturated rings. The van der Waals surface area contributed by atoms with E-state index in [0.717, 1.165) is 41.5 Å². The van der Waals surface area contributed by atoms with Crippen LogP contribution in [0.2, 0.25) is 0 Å². The van der Waals surface area contributed by atoms with Crippen LogP contribution in [0.25, 0.3) is 0 Å². The van der Waals surface area contributed by atoms with Gasteiger partial charge in [-0.3, -0.25) is 4.79 Å². The maximum absolute atomic E-state index is 12.6. The van der Waals surface area contributed by atoms with Gasteiger partial charge in [-0.1, -0.05) is 22.0 Å². The van der Waals surface area contributed by atoms with Gasteiger partial charge in [-0.15, -0.1) is 0 Å². The van der Waals surface area contributed by atoms with Gasteiger partial charge in [0.15, 0.2) is 0 Å². The Balaban J connectivity index is 2.16. The lowest BCUT2D eigenvalue weighted by molar-refractivity contribution is 0.0643. The lowest BCUT2D eigenvalue weighted by Crippen LogP contribution is -2.47. The van der Waals surface area contributed by atoms with Crippen molar-refractivity contribution in [2.75, 3.05) is 27.2 Å². The monoisotopic (exact) mass is 324 g/mol. The maximum atomic E-state index is 12.6. The molecule has 104 valence electrons. The molecular weight excluding hydrogens is 304 g/mol. The summed E-state index contributed by atoms with van der Waals surface area (Å²) in [6.07, 6.45) is 2.26. The Hall–Kier alpha value is -0.870. The molecule has 1 aliphatic rings. The maximum Gasteiger partial charge on any atom is 0.254 e. The molecule has 1 aliphatic heterocycles. The Bertz CT molecular complexity index is 475. The van der Waals surface area contributed by atoms with Crippen molar-refractivity contribution in [3.05, 3.63) is 33.8 Å². The van der Waals surface area contributed by atoms with Crippen molar-refractivity contribution < 1.29 is 4.79 Å². The van der Waals surface area contributed by atoms with Gasteiger partial charge in [0, 0.05) is 29.7 Å². The number of carbonyl (C=O) groups is 1. The van der Waals surface area contributed by atoms with Crippen LogP contribution in [0, 0.1) is 6.92 Å². The Morgan fingerprint density at radius 2 is 2.21 bits per heavy atom. The molecule has 0 saturated carbocycles. The molecular formula is C15H21BrN2O. The number of likely N-dealkylation sites (N-methyl/N-ethyl adjacent to an activating group) is 2. The highest BCUT2D eigenvalue weighted by molar-refractivity contribution is 9.10. The fourth-order valence-corrected chi connectivity index (χ4v) is 3.02. The van der Waals surface area contributed by atoms with E-state index in [9.17, 15) is 4.79 Å². The number of rotatable bonds is 2. The smallest absolute Gasteiger partial charge is 0.254 e. The van der Waals surface area contributed by atoms with E-state index in [1.165, 1.54) is 0 Å². The summed E-state index contributed by atoms with van der Waals surface area (Å²) in [6.45, 7) is 4.09. The SMILES string of the molecule is Cc1c(Br)cccc1C(=O)N(C)C1CCCN(C)C1. The molecule has 0 aliphatic carbocycles. The molecule has 0 radical (unpaired) electrons. The Morgan fingerprint density at radius 3 is 2.89 bits per heavy atom. The van der Waals surface area contributed by atoms with Gasteiger partial charge in [0.05, 0.1) is 0 Å². The summed E-state index contributed by atoms with van der Waals surface area (Å²) >= 11 is 3.49. The second kappa shape index (κ2) is 6.06. The summed E-state index contributed by atoms with van der Waals surface area (Å²) < 4.78 is 0.993. The van der Waals surface area contributed by atoms with Crippen molar-refractivity contribution in [3.8, 4) is 0 Å². The number of hydrogen-bond acceptors (Lipinski definition) is 2. The van der Waals surface area contributed by atoms with Crippen LogP contribution in [-0.2, 0) is 0 Å². The van der Waals surface area contributed by atoms with Crippen molar-refractivity contribution in [2.45, 2.75) is 25.8 Å². The van der Waals surface area contributed by atoms with E-state index in [0.29, 0.717) is 6.04 Å². The summed E-state index contributed by atoms with van der Waals surface area (Å²) in [5.74, 6) is 0.124. The molecule has 1 atom stereocenters. The molecule has 4 heteroatoms. The lowest BCUT2D eigenvalue weighted by Gasteiger charge is -2.36. The number of hydrogen-bond donors (Lipinski definition) is 0. The van der Waals surface area contributed by atoms with E-state index in [4.69, 9.17) is 0 Å². The van der Waals surface area contributed by atoms with Crippen molar-refractivity contribution in [2.24, 2.45) is 0 Å². The minimum absolute atomic E-state index is 0.124. The molecule has 1 amide bonds. The molecule has 0 bridgehead atoms. The summed E-state index contributed by atoms with van der Waals surface area (Å²) in [5, 5.41) is 0.